The summed E-state index contributed by atoms with van der Waals surface area (Å²) in [5.41, 5.74) is -1.83. The molecule has 1 amide bonds. The van der Waals surface area contributed by atoms with Crippen molar-refractivity contribution in [2.75, 3.05) is 19.1 Å². The predicted octanol–water partition coefficient (Wildman–Crippen LogP) is 1.37. The predicted molar refractivity (Wildman–Crippen MR) is 118 cm³/mol. The van der Waals surface area contributed by atoms with Crippen LogP contribution in [0, 0.1) is 11.8 Å². The van der Waals surface area contributed by atoms with E-state index < -0.39 is 48.3 Å². The van der Waals surface area contributed by atoms with Gasteiger partial charge in [-0.1, -0.05) is 54.2 Å². The molecule has 3 atom stereocenters. The zero-order chi connectivity index (χ0) is 24.8. The second-order valence-electron chi connectivity index (χ2n) is 7.88. The molecule has 9 nitrogen and oxygen atoms in total. The first-order valence-corrected chi connectivity index (χ1v) is 12.0. The molecule has 1 aromatic heterocycles. The number of amides is 1. The lowest BCUT2D eigenvalue weighted by Gasteiger charge is -2.19. The Labute approximate surface area is 195 Å². The quantitative estimate of drug-likeness (QED) is 0.217. The number of aliphatic hydroxyl groups is 1. The normalized spacial score (nSPS) is 20.9. The number of hydrogen-bond donors (Lipinski definition) is 3. The number of carbonyl (C=O) groups excluding carboxylic acids is 1. The highest BCUT2D eigenvalue weighted by atomic mass is 33.1. The van der Waals surface area contributed by atoms with Gasteiger partial charge < -0.3 is 19.9 Å². The van der Waals surface area contributed by atoms with Crippen molar-refractivity contribution in [2.24, 2.45) is 0 Å². The Kier molecular flexibility index (Phi) is 9.50. The van der Waals surface area contributed by atoms with Crippen molar-refractivity contribution in [2.45, 2.75) is 56.6 Å². The van der Waals surface area contributed by atoms with E-state index in [4.69, 9.17) is 9.47 Å². The molecule has 0 radical (unpaired) electrons. The summed E-state index contributed by atoms with van der Waals surface area (Å²) < 4.78 is 49.1. The van der Waals surface area contributed by atoms with Crippen LogP contribution in [-0.4, -0.2) is 62.8 Å². The first kappa shape index (κ1) is 27.3. The SMILES string of the molecule is CC(C)(C)SSCOC1C[C@H](n2cc(C#CCNC(=O)C(F)(F)F)c(=O)[nH]c2=O)O[C@@H]1CO. The molecule has 33 heavy (non-hydrogen) atoms. The smallest absolute Gasteiger partial charge is 0.394 e. The molecule has 0 saturated carbocycles. The van der Waals surface area contributed by atoms with E-state index in [1.165, 1.54) is 10.8 Å². The average Bonchev–Trinajstić information content (AvgIpc) is 3.11. The van der Waals surface area contributed by atoms with Gasteiger partial charge in [0.25, 0.3) is 5.56 Å². The summed E-state index contributed by atoms with van der Waals surface area (Å²) in [6.07, 6.45) is -5.77. The molecule has 1 aliphatic heterocycles. The van der Waals surface area contributed by atoms with E-state index in [0.29, 0.717) is 5.94 Å². The summed E-state index contributed by atoms with van der Waals surface area (Å²) in [7, 11) is 3.13. The molecule has 2 heterocycles. The lowest BCUT2D eigenvalue weighted by atomic mass is 10.2. The van der Waals surface area contributed by atoms with Crippen LogP contribution in [0.1, 0.15) is 39.0 Å². The van der Waals surface area contributed by atoms with Crippen LogP contribution in [0.4, 0.5) is 13.2 Å². The number of H-pyrrole nitrogens is 1. The lowest BCUT2D eigenvalue weighted by molar-refractivity contribution is -0.173. The molecule has 2 rings (SSSR count). The minimum atomic E-state index is -5.04. The number of nitrogens with zero attached hydrogens (tertiary/aromatic N) is 1. The van der Waals surface area contributed by atoms with Gasteiger partial charge in [0, 0.05) is 17.4 Å². The molecular weight excluding hydrogens is 487 g/mol. The molecule has 3 N–H and O–H groups in total. The molecule has 0 spiro atoms. The maximum atomic E-state index is 12.3. The van der Waals surface area contributed by atoms with Gasteiger partial charge in [-0.3, -0.25) is 19.1 Å². The maximum Gasteiger partial charge on any atom is 0.471 e. The third kappa shape index (κ3) is 8.42. The van der Waals surface area contributed by atoms with E-state index >= 15 is 0 Å². The fourth-order valence-electron chi connectivity index (χ4n) is 2.68. The molecule has 0 aliphatic carbocycles. The molecular formula is C19H24F3N3O6S2. The van der Waals surface area contributed by atoms with Gasteiger partial charge in [0.1, 0.15) is 23.8 Å². The molecule has 14 heteroatoms. The fourth-order valence-corrected chi connectivity index (χ4v) is 4.68. The van der Waals surface area contributed by atoms with E-state index in [1.807, 2.05) is 0 Å². The topological polar surface area (TPSA) is 123 Å². The van der Waals surface area contributed by atoms with Crippen LogP contribution in [-0.2, 0) is 14.3 Å². The van der Waals surface area contributed by atoms with Gasteiger partial charge in [-0.15, -0.1) is 0 Å². The number of aromatic amines is 1. The Morgan fingerprint density at radius 1 is 1.39 bits per heavy atom. The van der Waals surface area contributed by atoms with Crippen LogP contribution in [0.15, 0.2) is 15.8 Å². The molecule has 184 valence electrons. The van der Waals surface area contributed by atoms with Crippen LogP contribution in [0.25, 0.3) is 0 Å². The number of carbonyl (C=O) groups is 1. The highest BCUT2D eigenvalue weighted by Crippen LogP contribution is 2.36. The molecule has 1 unspecified atom stereocenters. The van der Waals surface area contributed by atoms with Crippen molar-refractivity contribution in [1.29, 1.82) is 0 Å². The van der Waals surface area contributed by atoms with E-state index in [0.717, 1.165) is 10.8 Å². The summed E-state index contributed by atoms with van der Waals surface area (Å²) in [6.45, 7) is 5.18. The Morgan fingerprint density at radius 2 is 2.09 bits per heavy atom. The Balaban J connectivity index is 2.08. The van der Waals surface area contributed by atoms with Crippen LogP contribution in [0.2, 0.25) is 0 Å². The molecule has 1 fully saturated rings. The van der Waals surface area contributed by atoms with Gasteiger partial charge in [0.05, 0.1) is 19.3 Å². The van der Waals surface area contributed by atoms with Crippen molar-refractivity contribution >= 4 is 27.5 Å². The number of aromatic nitrogens is 2. The van der Waals surface area contributed by atoms with Gasteiger partial charge >= 0.3 is 17.8 Å². The highest BCUT2D eigenvalue weighted by molar-refractivity contribution is 8.77. The minimum absolute atomic E-state index is 0.0370. The Morgan fingerprint density at radius 3 is 2.70 bits per heavy atom. The third-order valence-electron chi connectivity index (χ3n) is 4.10. The summed E-state index contributed by atoms with van der Waals surface area (Å²) in [5, 5.41) is 11.2. The number of nitrogens with one attached hydrogen (secondary N) is 2. The van der Waals surface area contributed by atoms with Gasteiger partial charge in [0.15, 0.2) is 0 Å². The molecule has 1 aromatic rings. The Hall–Kier alpha value is -1.92. The van der Waals surface area contributed by atoms with Crippen molar-refractivity contribution in [1.82, 2.24) is 14.9 Å². The Bertz CT molecular complexity index is 1010. The van der Waals surface area contributed by atoms with E-state index in [-0.39, 0.29) is 23.3 Å². The maximum absolute atomic E-state index is 12.3. The number of halogens is 3. The van der Waals surface area contributed by atoms with Crippen LogP contribution in [0.3, 0.4) is 0 Å². The summed E-state index contributed by atoms with van der Waals surface area (Å²) in [4.78, 5) is 37.1. The molecule has 1 aliphatic rings. The summed E-state index contributed by atoms with van der Waals surface area (Å²) >= 11 is 0. The zero-order valence-corrected chi connectivity index (χ0v) is 19.7. The average molecular weight is 512 g/mol. The van der Waals surface area contributed by atoms with Gasteiger partial charge in [-0.25, -0.2) is 4.79 Å². The van der Waals surface area contributed by atoms with E-state index in [1.54, 1.807) is 16.1 Å². The van der Waals surface area contributed by atoms with Gasteiger partial charge in [0.2, 0.25) is 0 Å². The second kappa shape index (κ2) is 11.5. The molecule has 1 saturated heterocycles. The van der Waals surface area contributed by atoms with Crippen molar-refractivity contribution in [3.05, 3.63) is 32.6 Å². The summed E-state index contributed by atoms with van der Waals surface area (Å²) in [5.74, 6) is 2.73. The van der Waals surface area contributed by atoms with E-state index in [2.05, 4.69) is 37.6 Å². The second-order valence-corrected chi connectivity index (χ2v) is 10.9. The minimum Gasteiger partial charge on any atom is -0.394 e. The zero-order valence-electron chi connectivity index (χ0n) is 18.0. The van der Waals surface area contributed by atoms with Crippen molar-refractivity contribution in [3.63, 3.8) is 0 Å². The lowest BCUT2D eigenvalue weighted by Crippen LogP contribution is -2.37. The first-order valence-electron chi connectivity index (χ1n) is 9.69. The highest BCUT2D eigenvalue weighted by Gasteiger charge is 2.38. The standard InChI is InChI=1S/C19H24F3N3O6S2/c1-18(2,3)33-32-10-30-12-7-14(31-13(12)9-26)25-8-11(15(27)24-17(25)29)5-4-6-23-16(28)19(20,21)22/h8,12-14,26H,6-7,9-10H2,1-3H3,(H,23,28)(H,24,27,29)/t12?,13-,14-/m1/s1. The van der Waals surface area contributed by atoms with Gasteiger partial charge in [-0.05, 0) is 0 Å². The largest absolute Gasteiger partial charge is 0.471 e. The number of rotatable bonds is 7. The van der Waals surface area contributed by atoms with Crippen LogP contribution >= 0.6 is 21.6 Å². The van der Waals surface area contributed by atoms with Crippen molar-refractivity contribution in [3.8, 4) is 11.8 Å². The van der Waals surface area contributed by atoms with Crippen molar-refractivity contribution < 1.29 is 32.5 Å². The monoisotopic (exact) mass is 511 g/mol. The number of alkyl halides is 3. The third-order valence-corrected chi connectivity index (χ3v) is 7.09. The number of aliphatic hydroxyl groups excluding tert-OH is 1. The number of hydrogen-bond acceptors (Lipinski definition) is 8. The van der Waals surface area contributed by atoms with Crippen LogP contribution < -0.4 is 16.6 Å². The first-order chi connectivity index (χ1) is 15.3. The summed E-state index contributed by atoms with van der Waals surface area (Å²) in [6, 6.07) is 0. The van der Waals surface area contributed by atoms with Crippen LogP contribution in [0.5, 0.6) is 0 Å². The van der Waals surface area contributed by atoms with Gasteiger partial charge in [-0.2, -0.15) is 13.2 Å². The molecule has 0 bridgehead atoms. The number of ether oxygens (including phenoxy) is 2. The molecule has 0 aromatic carbocycles. The van der Waals surface area contributed by atoms with E-state index in [9.17, 15) is 32.7 Å². The fraction of sp³-hybridized carbons (Fsp3) is 0.632.